The summed E-state index contributed by atoms with van der Waals surface area (Å²) in [5, 5.41) is 10.1. The number of rotatable bonds is 4. The lowest BCUT2D eigenvalue weighted by atomic mass is 9.71. The third-order valence-corrected chi connectivity index (χ3v) is 13.6. The number of hydrogen-bond acceptors (Lipinski definition) is 2. The molecule has 0 amide bonds. The van der Waals surface area contributed by atoms with Crippen LogP contribution in [0.3, 0.4) is 0 Å². The van der Waals surface area contributed by atoms with Crippen molar-refractivity contribution in [2.75, 3.05) is 9.80 Å². The highest BCUT2D eigenvalue weighted by Gasteiger charge is 2.42. The summed E-state index contributed by atoms with van der Waals surface area (Å²) in [5.74, 6) is 0. The van der Waals surface area contributed by atoms with Gasteiger partial charge in [-0.1, -0.05) is 161 Å². The Morgan fingerprint density at radius 3 is 1.83 bits per heavy atom. The van der Waals surface area contributed by atoms with Gasteiger partial charge < -0.3 is 9.80 Å². The van der Waals surface area contributed by atoms with Gasteiger partial charge in [0.15, 0.2) is 0 Å². The number of hydrogen-bond donors (Lipinski definition) is 0. The van der Waals surface area contributed by atoms with Crippen molar-refractivity contribution >= 4 is 77.2 Å². The van der Waals surface area contributed by atoms with Crippen molar-refractivity contribution in [3.05, 3.63) is 204 Å². The molecule has 58 heavy (non-hydrogen) atoms. The summed E-state index contributed by atoms with van der Waals surface area (Å²) >= 11 is 0. The van der Waals surface area contributed by atoms with Crippen molar-refractivity contribution in [1.82, 2.24) is 0 Å². The molecule has 0 fully saturated rings. The van der Waals surface area contributed by atoms with E-state index in [2.05, 4.69) is 219 Å². The van der Waals surface area contributed by atoms with E-state index in [4.69, 9.17) is 0 Å². The molecule has 0 aromatic heterocycles. The van der Waals surface area contributed by atoms with Gasteiger partial charge in [-0.05, 0) is 109 Å². The highest BCUT2D eigenvalue weighted by molar-refractivity contribution is 6.28. The lowest BCUT2D eigenvalue weighted by Gasteiger charge is -2.43. The molecule has 0 bridgehead atoms. The Bertz CT molecular complexity index is 3290. The van der Waals surface area contributed by atoms with E-state index in [1.807, 2.05) is 0 Å². The molecule has 10 aromatic carbocycles. The zero-order chi connectivity index (χ0) is 38.9. The normalized spacial score (nSPS) is 14.8. The van der Waals surface area contributed by atoms with Gasteiger partial charge >= 0.3 is 0 Å². The second kappa shape index (κ2) is 11.8. The summed E-state index contributed by atoms with van der Waals surface area (Å²) in [6.45, 7) is 9.59. The van der Waals surface area contributed by atoms with Crippen LogP contribution in [0.2, 0.25) is 0 Å². The van der Waals surface area contributed by atoms with Crippen molar-refractivity contribution in [3.8, 4) is 11.1 Å². The van der Waals surface area contributed by atoms with E-state index in [-0.39, 0.29) is 10.8 Å². The van der Waals surface area contributed by atoms with E-state index < -0.39 is 0 Å². The molecule has 2 heteroatoms. The molecule has 0 radical (unpaired) electrons. The Morgan fingerprint density at radius 1 is 0.362 bits per heavy atom. The molecule has 0 saturated carbocycles. The van der Waals surface area contributed by atoms with Crippen molar-refractivity contribution in [1.29, 1.82) is 0 Å². The Kier molecular flexibility index (Phi) is 6.78. The lowest BCUT2D eigenvalue weighted by Crippen LogP contribution is -2.31. The topological polar surface area (TPSA) is 6.48 Å². The molecule has 0 saturated heterocycles. The van der Waals surface area contributed by atoms with Crippen LogP contribution in [0.5, 0.6) is 0 Å². The van der Waals surface area contributed by atoms with E-state index >= 15 is 0 Å². The van der Waals surface area contributed by atoms with Crippen LogP contribution in [0.15, 0.2) is 182 Å². The number of anilines is 6. The van der Waals surface area contributed by atoms with Gasteiger partial charge in [0.05, 0.1) is 28.4 Å². The molecule has 0 atom stereocenters. The maximum Gasteiger partial charge on any atom is 0.0540 e. The molecule has 2 aliphatic rings. The summed E-state index contributed by atoms with van der Waals surface area (Å²) in [6.07, 6.45) is 0. The summed E-state index contributed by atoms with van der Waals surface area (Å²) in [6, 6.07) is 68.1. The van der Waals surface area contributed by atoms with Crippen LogP contribution < -0.4 is 9.80 Å². The summed E-state index contributed by atoms with van der Waals surface area (Å²) in [7, 11) is 0. The lowest BCUT2D eigenvalue weighted by molar-refractivity contribution is 0.627. The third-order valence-electron chi connectivity index (χ3n) is 13.6. The maximum atomic E-state index is 2.58. The quantitative estimate of drug-likeness (QED) is 0.166. The van der Waals surface area contributed by atoms with Gasteiger partial charge in [-0.15, -0.1) is 0 Å². The third kappa shape index (κ3) is 4.43. The first-order chi connectivity index (χ1) is 28.3. The highest BCUT2D eigenvalue weighted by Crippen LogP contribution is 2.58. The Balaban J connectivity index is 1.13. The molecule has 0 unspecified atom stereocenters. The number of benzene rings is 10. The molecule has 276 valence electrons. The molecule has 2 nitrogen and oxygen atoms in total. The zero-order valence-corrected chi connectivity index (χ0v) is 33.2. The van der Waals surface area contributed by atoms with E-state index in [1.165, 1.54) is 105 Å². The molecule has 1 aliphatic heterocycles. The van der Waals surface area contributed by atoms with Crippen LogP contribution in [0.1, 0.15) is 49.9 Å². The predicted molar refractivity (Wildman–Crippen MR) is 247 cm³/mol. The van der Waals surface area contributed by atoms with E-state index in [1.54, 1.807) is 0 Å². The monoisotopic (exact) mass is 742 g/mol. The Labute approximate surface area is 339 Å². The largest absolute Gasteiger partial charge is 0.309 e. The summed E-state index contributed by atoms with van der Waals surface area (Å²) in [4.78, 5) is 5.03. The molecule has 12 rings (SSSR count). The smallest absolute Gasteiger partial charge is 0.0540 e. The standard InChI is InChI=1S/C56H42N2/c1-55(2)44-21-11-10-20-40(44)43-33-47-52(34-46(43)55)58(51-23-13-12-22-45(51)56(47,3)4)50-32-28-37-25-29-41-49(31-27-36-26-30-42(50)54(37)53(36)41)57(38-17-6-5-7-18-38)48-24-14-16-35-15-8-9-19-39(35)48/h5-34H,1-4H3. The summed E-state index contributed by atoms with van der Waals surface area (Å²) in [5.41, 5.74) is 15.1. The fourth-order valence-electron chi connectivity index (χ4n) is 10.7. The van der Waals surface area contributed by atoms with Crippen LogP contribution in [0.4, 0.5) is 34.1 Å². The molecule has 1 heterocycles. The molecule has 0 spiro atoms. The highest BCUT2D eigenvalue weighted by atomic mass is 15.2. The van der Waals surface area contributed by atoms with Crippen molar-refractivity contribution in [2.24, 2.45) is 0 Å². The first kappa shape index (κ1) is 33.3. The van der Waals surface area contributed by atoms with Gasteiger partial charge in [-0.3, -0.25) is 0 Å². The van der Waals surface area contributed by atoms with Gasteiger partial charge in [-0.25, -0.2) is 0 Å². The van der Waals surface area contributed by atoms with Gasteiger partial charge in [0, 0.05) is 32.7 Å². The predicted octanol–water partition coefficient (Wildman–Crippen LogP) is 15.6. The first-order valence-electron chi connectivity index (χ1n) is 20.5. The van der Waals surface area contributed by atoms with Crippen LogP contribution in [0, 0.1) is 0 Å². The minimum atomic E-state index is -0.194. The van der Waals surface area contributed by atoms with Crippen LogP contribution in [-0.4, -0.2) is 0 Å². The summed E-state index contributed by atoms with van der Waals surface area (Å²) < 4.78 is 0. The SMILES string of the molecule is CC1(C)c2ccccc2-c2cc3c(cc21)N(c1ccc2ccc4c(N(c5ccccc5)c5cccc6ccccc56)ccc5ccc1c2c54)c1ccccc1C3(C)C. The molecule has 10 aromatic rings. The molecule has 0 N–H and O–H groups in total. The Hall–Kier alpha value is -6.90. The van der Waals surface area contributed by atoms with Gasteiger partial charge in [0.25, 0.3) is 0 Å². The molecular weight excluding hydrogens is 701 g/mol. The van der Waals surface area contributed by atoms with Crippen molar-refractivity contribution < 1.29 is 0 Å². The fraction of sp³-hybridized carbons (Fsp3) is 0.107. The van der Waals surface area contributed by atoms with Gasteiger partial charge in [0.2, 0.25) is 0 Å². The zero-order valence-electron chi connectivity index (χ0n) is 33.2. The van der Waals surface area contributed by atoms with Crippen LogP contribution in [-0.2, 0) is 10.8 Å². The average Bonchev–Trinajstić information content (AvgIpc) is 3.48. The second-order valence-corrected chi connectivity index (χ2v) is 17.3. The minimum absolute atomic E-state index is 0.110. The van der Waals surface area contributed by atoms with E-state index in [9.17, 15) is 0 Å². The van der Waals surface area contributed by atoms with Crippen LogP contribution in [0.25, 0.3) is 54.2 Å². The van der Waals surface area contributed by atoms with E-state index in [0.717, 1.165) is 5.69 Å². The van der Waals surface area contributed by atoms with Gasteiger partial charge in [0.1, 0.15) is 0 Å². The van der Waals surface area contributed by atoms with Crippen LogP contribution >= 0.6 is 0 Å². The van der Waals surface area contributed by atoms with Crippen molar-refractivity contribution in [2.45, 2.75) is 38.5 Å². The molecule has 1 aliphatic carbocycles. The van der Waals surface area contributed by atoms with E-state index in [0.29, 0.717) is 0 Å². The minimum Gasteiger partial charge on any atom is -0.309 e. The van der Waals surface area contributed by atoms with Crippen molar-refractivity contribution in [3.63, 3.8) is 0 Å². The number of fused-ring (bicyclic) bond motifs is 6. The number of para-hydroxylation sites is 2. The fourth-order valence-corrected chi connectivity index (χ4v) is 10.7. The van der Waals surface area contributed by atoms with Gasteiger partial charge in [-0.2, -0.15) is 0 Å². The number of nitrogens with zero attached hydrogens (tertiary/aromatic N) is 2. The second-order valence-electron chi connectivity index (χ2n) is 17.3. The molecular formula is C56H42N2. The average molecular weight is 743 g/mol. The first-order valence-corrected chi connectivity index (χ1v) is 20.5. The maximum absolute atomic E-state index is 2.58. The Morgan fingerprint density at radius 2 is 0.983 bits per heavy atom.